The molecule has 1 aromatic rings. The Kier molecular flexibility index (Phi) is 6.04. The maximum absolute atomic E-state index is 12.3. The predicted molar refractivity (Wildman–Crippen MR) is 76.6 cm³/mol. The van der Waals surface area contributed by atoms with Crippen LogP contribution < -0.4 is 0 Å². The van der Waals surface area contributed by atoms with Gasteiger partial charge in [0.2, 0.25) is 0 Å². The van der Waals surface area contributed by atoms with Crippen LogP contribution in [-0.2, 0) is 20.3 Å². The second kappa shape index (κ2) is 7.10. The molecule has 0 unspecified atom stereocenters. The maximum Gasteiger partial charge on any atom is 0.270 e. The molecular formula is C12H19ClN2O4S. The molecule has 20 heavy (non-hydrogen) atoms. The topological polar surface area (TPSA) is 68.6 Å². The molecule has 0 aromatic carbocycles. The Morgan fingerprint density at radius 2 is 2.15 bits per heavy atom. The molecule has 6 nitrogen and oxygen atoms in total. The predicted octanol–water partition coefficient (Wildman–Crippen LogP) is 1.54. The molecule has 1 aromatic heterocycles. The summed E-state index contributed by atoms with van der Waals surface area (Å²) in [4.78, 5) is 13.8. The number of aryl methyl sites for hydroxylation is 1. The monoisotopic (exact) mass is 322 g/mol. The molecule has 0 bridgehead atoms. The van der Waals surface area contributed by atoms with Crippen LogP contribution in [-0.4, -0.2) is 51.1 Å². The lowest BCUT2D eigenvalue weighted by molar-refractivity contribution is 0.0769. The number of methoxy groups -OCH3 is 1. The molecular weight excluding hydrogens is 304 g/mol. The summed E-state index contributed by atoms with van der Waals surface area (Å²) in [5, 5.41) is 0. The number of nitrogens with zero attached hydrogens (tertiary/aromatic N) is 2. The Balaban J connectivity index is 2.94. The number of carbonyl (C=O) groups is 1. The van der Waals surface area contributed by atoms with Crippen molar-refractivity contribution in [2.75, 3.05) is 27.3 Å². The van der Waals surface area contributed by atoms with E-state index in [9.17, 15) is 13.2 Å². The van der Waals surface area contributed by atoms with Crippen LogP contribution in [0.5, 0.6) is 0 Å². The van der Waals surface area contributed by atoms with E-state index in [0.717, 1.165) is 0 Å². The summed E-state index contributed by atoms with van der Waals surface area (Å²) >= 11 is 0. The van der Waals surface area contributed by atoms with Crippen molar-refractivity contribution in [2.45, 2.75) is 24.8 Å². The van der Waals surface area contributed by atoms with E-state index >= 15 is 0 Å². The van der Waals surface area contributed by atoms with Gasteiger partial charge in [-0.15, -0.1) is 0 Å². The van der Waals surface area contributed by atoms with Crippen molar-refractivity contribution in [1.82, 2.24) is 9.47 Å². The fourth-order valence-electron chi connectivity index (χ4n) is 1.80. The van der Waals surface area contributed by atoms with Crippen molar-refractivity contribution in [2.24, 2.45) is 0 Å². The zero-order valence-corrected chi connectivity index (χ0v) is 13.4. The molecule has 1 amide bonds. The van der Waals surface area contributed by atoms with Gasteiger partial charge in [-0.3, -0.25) is 4.79 Å². The van der Waals surface area contributed by atoms with E-state index in [1.807, 2.05) is 6.92 Å². The SMILES string of the molecule is CCn1cc(S(=O)(=O)Cl)cc1C(=O)N(C)CCCOC. The van der Waals surface area contributed by atoms with Gasteiger partial charge in [-0.2, -0.15) is 0 Å². The number of hydrogen-bond acceptors (Lipinski definition) is 4. The smallest absolute Gasteiger partial charge is 0.270 e. The van der Waals surface area contributed by atoms with Gasteiger partial charge in [-0.1, -0.05) is 0 Å². The average molecular weight is 323 g/mol. The largest absolute Gasteiger partial charge is 0.385 e. The van der Waals surface area contributed by atoms with Crippen LogP contribution in [0.3, 0.4) is 0 Å². The van der Waals surface area contributed by atoms with Crippen LogP contribution in [0.4, 0.5) is 0 Å². The maximum atomic E-state index is 12.3. The van der Waals surface area contributed by atoms with Crippen LogP contribution in [0, 0.1) is 0 Å². The van der Waals surface area contributed by atoms with Gasteiger partial charge >= 0.3 is 0 Å². The van der Waals surface area contributed by atoms with Crippen LogP contribution in [0.1, 0.15) is 23.8 Å². The first kappa shape index (κ1) is 17.0. The summed E-state index contributed by atoms with van der Waals surface area (Å²) in [7, 11) is 4.74. The Morgan fingerprint density at radius 3 is 2.65 bits per heavy atom. The van der Waals surface area contributed by atoms with E-state index in [4.69, 9.17) is 15.4 Å². The first-order valence-electron chi connectivity index (χ1n) is 6.20. The van der Waals surface area contributed by atoms with Crippen molar-refractivity contribution in [1.29, 1.82) is 0 Å². The minimum atomic E-state index is -3.83. The fourth-order valence-corrected chi connectivity index (χ4v) is 2.56. The van der Waals surface area contributed by atoms with Gasteiger partial charge in [-0.05, 0) is 19.4 Å². The van der Waals surface area contributed by atoms with Gasteiger partial charge in [0.1, 0.15) is 10.6 Å². The number of carbonyl (C=O) groups excluding carboxylic acids is 1. The highest BCUT2D eigenvalue weighted by Crippen LogP contribution is 2.19. The Morgan fingerprint density at radius 1 is 1.50 bits per heavy atom. The number of ether oxygens (including phenoxy) is 1. The van der Waals surface area contributed by atoms with Gasteiger partial charge in [0.15, 0.2) is 0 Å². The minimum absolute atomic E-state index is 0.0605. The van der Waals surface area contributed by atoms with E-state index in [1.54, 1.807) is 18.7 Å². The first-order chi connectivity index (χ1) is 9.31. The third-order valence-electron chi connectivity index (χ3n) is 2.90. The Hall–Kier alpha value is -1.05. The van der Waals surface area contributed by atoms with Gasteiger partial charge < -0.3 is 14.2 Å². The van der Waals surface area contributed by atoms with E-state index in [1.165, 1.54) is 17.2 Å². The molecule has 0 saturated heterocycles. The van der Waals surface area contributed by atoms with Crippen molar-refractivity contribution in [3.05, 3.63) is 18.0 Å². The lowest BCUT2D eigenvalue weighted by Crippen LogP contribution is -2.30. The zero-order valence-electron chi connectivity index (χ0n) is 11.8. The van der Waals surface area contributed by atoms with Crippen molar-refractivity contribution >= 4 is 25.6 Å². The summed E-state index contributed by atoms with van der Waals surface area (Å²) in [5.41, 5.74) is 0.312. The summed E-state index contributed by atoms with van der Waals surface area (Å²) in [6.45, 7) is 3.41. The van der Waals surface area contributed by atoms with Crippen LogP contribution in [0.2, 0.25) is 0 Å². The molecule has 0 radical (unpaired) electrons. The van der Waals surface area contributed by atoms with Gasteiger partial charge in [0.25, 0.3) is 15.0 Å². The number of amides is 1. The van der Waals surface area contributed by atoms with E-state index in [2.05, 4.69) is 0 Å². The second-order valence-electron chi connectivity index (χ2n) is 4.36. The lowest BCUT2D eigenvalue weighted by Gasteiger charge is -2.17. The number of aromatic nitrogens is 1. The lowest BCUT2D eigenvalue weighted by atomic mass is 10.3. The van der Waals surface area contributed by atoms with Crippen LogP contribution >= 0.6 is 10.7 Å². The standard InChI is InChI=1S/C12H19ClN2O4S/c1-4-15-9-10(20(13,17)18)8-11(15)12(16)14(2)6-5-7-19-3/h8-9H,4-7H2,1-3H3. The number of halogens is 1. The van der Waals surface area contributed by atoms with Gasteiger partial charge in [0.05, 0.1) is 0 Å². The van der Waals surface area contributed by atoms with E-state index < -0.39 is 9.05 Å². The molecule has 1 rings (SSSR count). The van der Waals surface area contributed by atoms with E-state index in [-0.39, 0.29) is 10.8 Å². The Bertz CT molecular complexity index is 568. The van der Waals surface area contributed by atoms with Crippen LogP contribution in [0.25, 0.3) is 0 Å². The third kappa shape index (κ3) is 4.22. The summed E-state index contributed by atoms with van der Waals surface area (Å²) < 4.78 is 29.2. The number of hydrogen-bond donors (Lipinski definition) is 0. The second-order valence-corrected chi connectivity index (χ2v) is 6.92. The minimum Gasteiger partial charge on any atom is -0.385 e. The van der Waals surface area contributed by atoms with Crippen molar-refractivity contribution < 1.29 is 17.9 Å². The highest BCUT2D eigenvalue weighted by Gasteiger charge is 2.21. The molecule has 0 aliphatic heterocycles. The van der Waals surface area contributed by atoms with Crippen LogP contribution in [0.15, 0.2) is 17.2 Å². The molecule has 0 N–H and O–H groups in total. The average Bonchev–Trinajstić information content (AvgIpc) is 2.81. The van der Waals surface area contributed by atoms with Gasteiger partial charge in [-0.25, -0.2) is 8.42 Å². The molecule has 0 fully saturated rings. The van der Waals surface area contributed by atoms with Crippen molar-refractivity contribution in [3.63, 3.8) is 0 Å². The molecule has 0 atom stereocenters. The zero-order chi connectivity index (χ0) is 15.3. The molecule has 0 aliphatic rings. The molecule has 8 heteroatoms. The quantitative estimate of drug-likeness (QED) is 0.564. The third-order valence-corrected chi connectivity index (χ3v) is 4.22. The molecule has 0 saturated carbocycles. The van der Waals surface area contributed by atoms with Crippen molar-refractivity contribution in [3.8, 4) is 0 Å². The summed E-state index contributed by atoms with van der Waals surface area (Å²) in [5.74, 6) is -0.241. The summed E-state index contributed by atoms with van der Waals surface area (Å²) in [6, 6.07) is 1.31. The molecule has 114 valence electrons. The highest BCUT2D eigenvalue weighted by molar-refractivity contribution is 8.13. The summed E-state index contributed by atoms with van der Waals surface area (Å²) in [6.07, 6.45) is 2.09. The van der Waals surface area contributed by atoms with E-state index in [0.29, 0.717) is 31.8 Å². The molecule has 0 aliphatic carbocycles. The Labute approximate surface area is 123 Å². The molecule has 0 spiro atoms. The fraction of sp³-hybridized carbons (Fsp3) is 0.583. The molecule has 1 heterocycles. The number of rotatable bonds is 7. The normalized spacial score (nSPS) is 11.6. The highest BCUT2D eigenvalue weighted by atomic mass is 35.7. The first-order valence-corrected chi connectivity index (χ1v) is 8.51. The van der Waals surface area contributed by atoms with Gasteiger partial charge in [0, 0.05) is 50.7 Å².